The summed E-state index contributed by atoms with van der Waals surface area (Å²) >= 11 is 0. The molecule has 0 spiro atoms. The Morgan fingerprint density at radius 3 is 2.55 bits per heavy atom. The van der Waals surface area contributed by atoms with Gasteiger partial charge in [0.1, 0.15) is 0 Å². The molecule has 0 radical (unpaired) electrons. The fraction of sp³-hybridized carbons (Fsp3) is 0.250. The Morgan fingerprint density at radius 1 is 1.10 bits per heavy atom. The minimum atomic E-state index is -4.53. The standard InChI is InChI=1S/C20H17F3N2O4/c21-20(22,23)14-5-2-6-15(11-14)24-17(26)12-29-19(28)13-4-1-7-16(10-13)25-9-3-8-18(25)27/h1-2,4-7,10-11H,3,8-9,12H2,(H,24,26). The van der Waals surface area contributed by atoms with E-state index in [1.54, 1.807) is 17.0 Å². The number of hydrogen-bond acceptors (Lipinski definition) is 4. The molecule has 0 aromatic heterocycles. The van der Waals surface area contributed by atoms with E-state index in [-0.39, 0.29) is 17.2 Å². The molecule has 0 atom stereocenters. The zero-order valence-electron chi connectivity index (χ0n) is 15.2. The van der Waals surface area contributed by atoms with E-state index in [9.17, 15) is 27.6 Å². The van der Waals surface area contributed by atoms with Gasteiger partial charge in [0.15, 0.2) is 6.61 Å². The zero-order valence-corrected chi connectivity index (χ0v) is 15.2. The second kappa shape index (κ2) is 8.34. The van der Waals surface area contributed by atoms with Crippen molar-refractivity contribution in [1.29, 1.82) is 0 Å². The largest absolute Gasteiger partial charge is 0.452 e. The summed E-state index contributed by atoms with van der Waals surface area (Å²) in [5.41, 5.74) is -0.236. The van der Waals surface area contributed by atoms with E-state index in [0.717, 1.165) is 24.6 Å². The van der Waals surface area contributed by atoms with Gasteiger partial charge in [0, 0.05) is 24.3 Å². The van der Waals surface area contributed by atoms with E-state index < -0.39 is 30.2 Å². The maximum Gasteiger partial charge on any atom is 0.416 e. The van der Waals surface area contributed by atoms with Crippen LogP contribution in [0.25, 0.3) is 0 Å². The Hall–Kier alpha value is -3.36. The number of nitrogens with zero attached hydrogens (tertiary/aromatic N) is 1. The second-order valence-electron chi connectivity index (χ2n) is 6.40. The Kier molecular flexibility index (Phi) is 5.86. The van der Waals surface area contributed by atoms with Gasteiger partial charge in [-0.15, -0.1) is 0 Å². The van der Waals surface area contributed by atoms with Gasteiger partial charge in [-0.05, 0) is 42.8 Å². The maximum atomic E-state index is 12.7. The molecule has 2 aromatic carbocycles. The van der Waals surface area contributed by atoms with Crippen LogP contribution in [0.5, 0.6) is 0 Å². The number of ether oxygens (including phenoxy) is 1. The topological polar surface area (TPSA) is 75.7 Å². The van der Waals surface area contributed by atoms with E-state index in [0.29, 0.717) is 18.7 Å². The van der Waals surface area contributed by atoms with Crippen molar-refractivity contribution in [1.82, 2.24) is 0 Å². The average Bonchev–Trinajstić information content (AvgIpc) is 3.12. The number of esters is 1. The summed E-state index contributed by atoms with van der Waals surface area (Å²) in [7, 11) is 0. The van der Waals surface area contributed by atoms with Crippen molar-refractivity contribution in [3.8, 4) is 0 Å². The van der Waals surface area contributed by atoms with Gasteiger partial charge < -0.3 is 15.0 Å². The second-order valence-corrected chi connectivity index (χ2v) is 6.40. The number of alkyl halides is 3. The highest BCUT2D eigenvalue weighted by molar-refractivity contribution is 5.98. The molecule has 2 aromatic rings. The minimum absolute atomic E-state index is 0.0315. The Bertz CT molecular complexity index is 943. The molecule has 1 aliphatic heterocycles. The van der Waals surface area contributed by atoms with Crippen LogP contribution >= 0.6 is 0 Å². The molecule has 9 heteroatoms. The van der Waals surface area contributed by atoms with E-state index >= 15 is 0 Å². The molecule has 6 nitrogen and oxygen atoms in total. The van der Waals surface area contributed by atoms with Crippen molar-refractivity contribution < 1.29 is 32.3 Å². The molecule has 152 valence electrons. The van der Waals surface area contributed by atoms with Gasteiger partial charge in [-0.2, -0.15) is 13.2 Å². The van der Waals surface area contributed by atoms with Gasteiger partial charge in [-0.1, -0.05) is 12.1 Å². The molecule has 1 saturated heterocycles. The zero-order chi connectivity index (χ0) is 21.0. The first-order valence-corrected chi connectivity index (χ1v) is 8.79. The van der Waals surface area contributed by atoms with E-state index in [1.165, 1.54) is 18.2 Å². The molecule has 0 unspecified atom stereocenters. The van der Waals surface area contributed by atoms with Gasteiger partial charge in [0.25, 0.3) is 5.91 Å². The van der Waals surface area contributed by atoms with Crippen LogP contribution in [0, 0.1) is 0 Å². The molecular formula is C20H17F3N2O4. The van der Waals surface area contributed by atoms with E-state index in [4.69, 9.17) is 4.74 Å². The van der Waals surface area contributed by atoms with Crippen molar-refractivity contribution in [2.75, 3.05) is 23.4 Å². The van der Waals surface area contributed by atoms with Crippen molar-refractivity contribution in [2.45, 2.75) is 19.0 Å². The highest BCUT2D eigenvalue weighted by Gasteiger charge is 2.30. The lowest BCUT2D eigenvalue weighted by atomic mass is 10.2. The highest BCUT2D eigenvalue weighted by Crippen LogP contribution is 2.30. The molecule has 2 amide bonds. The number of halogens is 3. The van der Waals surface area contributed by atoms with Crippen molar-refractivity contribution >= 4 is 29.2 Å². The van der Waals surface area contributed by atoms with Crippen LogP contribution in [-0.4, -0.2) is 30.9 Å². The average molecular weight is 406 g/mol. The number of benzene rings is 2. The predicted molar refractivity (Wildman–Crippen MR) is 98.4 cm³/mol. The number of rotatable bonds is 5. The van der Waals surface area contributed by atoms with Gasteiger partial charge in [-0.3, -0.25) is 9.59 Å². The van der Waals surface area contributed by atoms with Crippen LogP contribution in [0.2, 0.25) is 0 Å². The Balaban J connectivity index is 1.58. The third-order valence-electron chi connectivity index (χ3n) is 4.27. The van der Waals surface area contributed by atoms with Crippen LogP contribution in [0.15, 0.2) is 48.5 Å². The van der Waals surface area contributed by atoms with Crippen LogP contribution in [0.4, 0.5) is 24.5 Å². The Morgan fingerprint density at radius 2 is 1.86 bits per heavy atom. The van der Waals surface area contributed by atoms with Crippen molar-refractivity contribution in [3.05, 3.63) is 59.7 Å². The van der Waals surface area contributed by atoms with Crippen LogP contribution in [-0.2, 0) is 20.5 Å². The number of carbonyl (C=O) groups is 3. The lowest BCUT2D eigenvalue weighted by Gasteiger charge is -2.16. The number of carbonyl (C=O) groups excluding carboxylic acids is 3. The van der Waals surface area contributed by atoms with Crippen LogP contribution in [0.3, 0.4) is 0 Å². The number of anilines is 2. The molecule has 0 bridgehead atoms. The predicted octanol–water partition coefficient (Wildman–Crippen LogP) is 3.63. The molecule has 0 saturated carbocycles. The lowest BCUT2D eigenvalue weighted by Crippen LogP contribution is -2.24. The fourth-order valence-electron chi connectivity index (χ4n) is 2.91. The number of amides is 2. The maximum absolute atomic E-state index is 12.7. The Labute approximate surface area is 164 Å². The van der Waals surface area contributed by atoms with Gasteiger partial charge in [-0.25, -0.2) is 4.79 Å². The first-order valence-electron chi connectivity index (χ1n) is 8.79. The van der Waals surface area contributed by atoms with Crippen LogP contribution in [0.1, 0.15) is 28.8 Å². The smallest absolute Gasteiger partial charge is 0.416 e. The summed E-state index contributed by atoms with van der Waals surface area (Å²) in [6, 6.07) is 10.4. The molecule has 0 aliphatic carbocycles. The number of hydrogen-bond donors (Lipinski definition) is 1. The highest BCUT2D eigenvalue weighted by atomic mass is 19.4. The lowest BCUT2D eigenvalue weighted by molar-refractivity contribution is -0.137. The van der Waals surface area contributed by atoms with Gasteiger partial charge in [0.2, 0.25) is 5.91 Å². The summed E-state index contributed by atoms with van der Waals surface area (Å²) in [6.07, 6.45) is -3.34. The minimum Gasteiger partial charge on any atom is -0.452 e. The molecule has 1 aliphatic rings. The third kappa shape index (κ3) is 5.13. The first kappa shape index (κ1) is 20.4. The quantitative estimate of drug-likeness (QED) is 0.770. The summed E-state index contributed by atoms with van der Waals surface area (Å²) in [5, 5.41) is 2.25. The number of nitrogens with one attached hydrogen (secondary N) is 1. The van der Waals surface area contributed by atoms with E-state index in [2.05, 4.69) is 5.32 Å². The van der Waals surface area contributed by atoms with Gasteiger partial charge in [0.05, 0.1) is 11.1 Å². The fourth-order valence-corrected chi connectivity index (χ4v) is 2.91. The first-order chi connectivity index (χ1) is 13.7. The molecule has 29 heavy (non-hydrogen) atoms. The molecular weight excluding hydrogens is 389 g/mol. The molecule has 1 heterocycles. The van der Waals surface area contributed by atoms with Gasteiger partial charge >= 0.3 is 12.1 Å². The molecule has 1 fully saturated rings. The summed E-state index contributed by atoms with van der Waals surface area (Å²) < 4.78 is 43.1. The van der Waals surface area contributed by atoms with E-state index in [1.807, 2.05) is 0 Å². The molecule has 3 rings (SSSR count). The van der Waals surface area contributed by atoms with Crippen LogP contribution < -0.4 is 10.2 Å². The summed E-state index contributed by atoms with van der Waals surface area (Å²) in [6.45, 7) is -0.0985. The monoisotopic (exact) mass is 406 g/mol. The molecule has 1 N–H and O–H groups in total. The van der Waals surface area contributed by atoms with Crippen molar-refractivity contribution in [2.24, 2.45) is 0 Å². The summed E-state index contributed by atoms with van der Waals surface area (Å²) in [5.74, 6) is -1.59. The SMILES string of the molecule is O=C(COC(=O)c1cccc(N2CCCC2=O)c1)Nc1cccc(C(F)(F)F)c1. The normalized spacial score (nSPS) is 14.0. The van der Waals surface area contributed by atoms with Crippen molar-refractivity contribution in [3.63, 3.8) is 0 Å². The summed E-state index contributed by atoms with van der Waals surface area (Å²) in [4.78, 5) is 37.5. The third-order valence-corrected chi connectivity index (χ3v) is 4.27.